The number of hydrogen-bond donors (Lipinski definition) is 2. The molecular weight excluding hydrogens is 347 g/mol. The molecule has 0 aromatic heterocycles. The van der Waals surface area contributed by atoms with Crippen LogP contribution in [0.1, 0.15) is 18.5 Å². The zero-order chi connectivity index (χ0) is 18.8. The van der Waals surface area contributed by atoms with Crippen molar-refractivity contribution >= 4 is 17.7 Å². The summed E-state index contributed by atoms with van der Waals surface area (Å²) in [5.41, 5.74) is -0.137. The summed E-state index contributed by atoms with van der Waals surface area (Å²) >= 11 is 0. The van der Waals surface area contributed by atoms with Gasteiger partial charge in [0, 0.05) is 17.8 Å². The van der Waals surface area contributed by atoms with E-state index in [2.05, 4.69) is 15.4 Å². The van der Waals surface area contributed by atoms with Gasteiger partial charge in [-0.05, 0) is 24.6 Å². The van der Waals surface area contributed by atoms with Crippen molar-refractivity contribution in [2.45, 2.75) is 19.1 Å². The Morgan fingerprint density at radius 3 is 2.44 bits per heavy atom. The van der Waals surface area contributed by atoms with Crippen LogP contribution in [-0.2, 0) is 9.53 Å². The predicted octanol–water partition coefficient (Wildman–Crippen LogP) is 2.33. The number of allylic oxidation sites excluding steroid dienone is 1. The van der Waals surface area contributed by atoms with E-state index in [-0.39, 0.29) is 22.5 Å². The van der Waals surface area contributed by atoms with Gasteiger partial charge < -0.3 is 15.4 Å². The quantitative estimate of drug-likeness (QED) is 0.487. The second-order valence-electron chi connectivity index (χ2n) is 5.11. The molecule has 0 fully saturated rings. The van der Waals surface area contributed by atoms with Gasteiger partial charge >= 0.3 is 18.2 Å². The molecule has 2 amide bonds. The number of esters is 1. The van der Waals surface area contributed by atoms with E-state index in [1.54, 1.807) is 0 Å². The number of halogens is 3. The molecule has 0 saturated carbocycles. The molecule has 0 spiro atoms. The van der Waals surface area contributed by atoms with Crippen LogP contribution in [0.4, 0.5) is 23.7 Å². The third-order valence-corrected chi connectivity index (χ3v) is 3.29. The molecule has 25 heavy (non-hydrogen) atoms. The number of amides is 2. The molecule has 1 aliphatic heterocycles. The number of carbonyl (C=O) groups excluding carboxylic acids is 2. The zero-order valence-corrected chi connectivity index (χ0v) is 12.7. The third-order valence-electron chi connectivity index (χ3n) is 3.29. The molecule has 1 unspecified atom stereocenters. The minimum Gasteiger partial charge on any atom is -0.453 e. The summed E-state index contributed by atoms with van der Waals surface area (Å²) in [5.74, 6) is -1.26. The number of nitrogens with one attached hydrogen (secondary N) is 2. The Balaban J connectivity index is 2.33. The maximum atomic E-state index is 12.2. The van der Waals surface area contributed by atoms with E-state index in [4.69, 9.17) is 0 Å². The lowest BCUT2D eigenvalue weighted by Crippen LogP contribution is -2.45. The molecule has 1 atom stereocenters. The fourth-order valence-electron chi connectivity index (χ4n) is 2.23. The number of benzene rings is 1. The summed E-state index contributed by atoms with van der Waals surface area (Å²) in [6, 6.07) is 3.11. The van der Waals surface area contributed by atoms with E-state index < -0.39 is 35.7 Å². The van der Waals surface area contributed by atoms with Gasteiger partial charge in [-0.2, -0.15) is 13.2 Å². The van der Waals surface area contributed by atoms with Crippen molar-refractivity contribution in [3.05, 3.63) is 51.2 Å². The first kappa shape index (κ1) is 18.2. The van der Waals surface area contributed by atoms with Gasteiger partial charge in [0.15, 0.2) is 6.61 Å². The minimum absolute atomic E-state index is 0.0271. The van der Waals surface area contributed by atoms with Crippen LogP contribution >= 0.6 is 0 Å². The summed E-state index contributed by atoms with van der Waals surface area (Å²) in [4.78, 5) is 33.7. The standard InChI is InChI=1S/C14H12F3N3O5/c1-7-10(12(21)25-6-14(15,16)17)11(19-13(22)18-7)8-2-4-9(5-3-8)20(23)24/h2-5,11H,6H2,1H3,(H2,18,19,22). The lowest BCUT2D eigenvalue weighted by molar-refractivity contribution is -0.384. The largest absolute Gasteiger partial charge is 0.453 e. The van der Waals surface area contributed by atoms with Gasteiger partial charge in [-0.3, -0.25) is 10.1 Å². The normalized spacial score (nSPS) is 17.6. The zero-order valence-electron chi connectivity index (χ0n) is 12.7. The molecule has 0 saturated heterocycles. The van der Waals surface area contributed by atoms with Crippen molar-refractivity contribution in [3.63, 3.8) is 0 Å². The Hall–Kier alpha value is -3.11. The van der Waals surface area contributed by atoms with E-state index in [1.807, 2.05) is 0 Å². The molecule has 0 radical (unpaired) electrons. The molecule has 1 aromatic rings. The molecule has 1 aliphatic rings. The topological polar surface area (TPSA) is 111 Å². The smallest absolute Gasteiger partial charge is 0.422 e. The molecule has 0 aliphatic carbocycles. The number of rotatable bonds is 4. The van der Waals surface area contributed by atoms with Crippen molar-refractivity contribution in [3.8, 4) is 0 Å². The van der Waals surface area contributed by atoms with Crippen molar-refractivity contribution in [2.75, 3.05) is 6.61 Å². The second kappa shape index (κ2) is 6.79. The number of carbonyl (C=O) groups is 2. The summed E-state index contributed by atoms with van der Waals surface area (Å²) in [5, 5.41) is 15.3. The van der Waals surface area contributed by atoms with Gasteiger partial charge in [0.2, 0.25) is 0 Å². The first-order valence-electron chi connectivity index (χ1n) is 6.85. The summed E-state index contributed by atoms with van der Waals surface area (Å²) in [6.45, 7) is -0.440. The molecule has 11 heteroatoms. The highest BCUT2D eigenvalue weighted by Crippen LogP contribution is 2.29. The predicted molar refractivity (Wildman–Crippen MR) is 77.2 cm³/mol. The molecule has 134 valence electrons. The maximum Gasteiger partial charge on any atom is 0.422 e. The van der Waals surface area contributed by atoms with Gasteiger partial charge in [0.25, 0.3) is 5.69 Å². The third kappa shape index (κ3) is 4.46. The van der Waals surface area contributed by atoms with Crippen LogP contribution in [0.25, 0.3) is 0 Å². The number of urea groups is 1. The highest BCUT2D eigenvalue weighted by molar-refractivity contribution is 5.95. The van der Waals surface area contributed by atoms with Crippen LogP contribution in [0.3, 0.4) is 0 Å². The minimum atomic E-state index is -4.70. The van der Waals surface area contributed by atoms with Gasteiger partial charge in [0.05, 0.1) is 16.5 Å². The first-order valence-corrected chi connectivity index (χ1v) is 6.85. The van der Waals surface area contributed by atoms with Crippen molar-refractivity contribution in [2.24, 2.45) is 0 Å². The Morgan fingerprint density at radius 2 is 1.92 bits per heavy atom. The van der Waals surface area contributed by atoms with Gasteiger partial charge in [-0.1, -0.05) is 0 Å². The molecular formula is C14H12F3N3O5. The van der Waals surface area contributed by atoms with Crippen LogP contribution in [0.2, 0.25) is 0 Å². The number of ether oxygens (including phenoxy) is 1. The van der Waals surface area contributed by atoms with Crippen molar-refractivity contribution < 1.29 is 32.4 Å². The fraction of sp³-hybridized carbons (Fsp3) is 0.286. The van der Waals surface area contributed by atoms with Gasteiger partial charge in [0.1, 0.15) is 0 Å². The molecule has 0 bridgehead atoms. The highest BCUT2D eigenvalue weighted by atomic mass is 19.4. The average molecular weight is 359 g/mol. The Morgan fingerprint density at radius 1 is 1.32 bits per heavy atom. The van der Waals surface area contributed by atoms with Crippen LogP contribution in [-0.4, -0.2) is 29.7 Å². The molecule has 2 N–H and O–H groups in total. The van der Waals surface area contributed by atoms with E-state index in [1.165, 1.54) is 19.1 Å². The van der Waals surface area contributed by atoms with E-state index in [9.17, 15) is 32.9 Å². The van der Waals surface area contributed by atoms with Crippen LogP contribution < -0.4 is 10.6 Å². The van der Waals surface area contributed by atoms with Gasteiger partial charge in [-0.15, -0.1) is 0 Å². The number of nitro groups is 1. The number of nitrogens with zero attached hydrogens (tertiary/aromatic N) is 1. The molecule has 1 heterocycles. The maximum absolute atomic E-state index is 12.2. The molecule has 2 rings (SSSR count). The summed E-state index contributed by atoms with van der Waals surface area (Å²) in [6.07, 6.45) is -4.70. The fourth-order valence-corrected chi connectivity index (χ4v) is 2.23. The lowest BCUT2D eigenvalue weighted by atomic mass is 9.95. The van der Waals surface area contributed by atoms with Gasteiger partial charge in [-0.25, -0.2) is 9.59 Å². The van der Waals surface area contributed by atoms with Crippen LogP contribution in [0.5, 0.6) is 0 Å². The Bertz CT molecular complexity index is 743. The monoisotopic (exact) mass is 359 g/mol. The molecule has 8 nitrogen and oxygen atoms in total. The SMILES string of the molecule is CC1=C(C(=O)OCC(F)(F)F)C(c2ccc([N+](=O)[O-])cc2)NC(=O)N1. The lowest BCUT2D eigenvalue weighted by Gasteiger charge is -2.28. The van der Waals surface area contributed by atoms with E-state index >= 15 is 0 Å². The Labute approximate surface area is 138 Å². The summed E-state index contributed by atoms with van der Waals surface area (Å²) in [7, 11) is 0. The van der Waals surface area contributed by atoms with Crippen LogP contribution in [0, 0.1) is 10.1 Å². The number of non-ortho nitro benzene ring substituents is 1. The highest BCUT2D eigenvalue weighted by Gasteiger charge is 2.35. The number of hydrogen-bond acceptors (Lipinski definition) is 5. The number of alkyl halides is 3. The molecule has 1 aromatic carbocycles. The van der Waals surface area contributed by atoms with E-state index in [0.717, 1.165) is 12.1 Å². The second-order valence-corrected chi connectivity index (χ2v) is 5.11. The Kier molecular flexibility index (Phi) is 4.95. The van der Waals surface area contributed by atoms with Crippen molar-refractivity contribution in [1.82, 2.24) is 10.6 Å². The van der Waals surface area contributed by atoms with Crippen LogP contribution in [0.15, 0.2) is 35.5 Å². The van der Waals surface area contributed by atoms with Crippen molar-refractivity contribution in [1.29, 1.82) is 0 Å². The van der Waals surface area contributed by atoms with E-state index in [0.29, 0.717) is 0 Å². The summed E-state index contributed by atoms with van der Waals surface area (Å²) < 4.78 is 41.0. The number of nitro benzene ring substituents is 1. The first-order chi connectivity index (χ1) is 11.6. The average Bonchev–Trinajstić information content (AvgIpc) is 2.51.